The molecule has 27 heavy (non-hydrogen) atoms. The molecule has 0 aromatic heterocycles. The number of hydrogen-bond acceptors (Lipinski definition) is 6. The van der Waals surface area contributed by atoms with Crippen molar-refractivity contribution in [3.63, 3.8) is 0 Å². The van der Waals surface area contributed by atoms with Crippen molar-refractivity contribution in [1.82, 2.24) is 9.21 Å². The van der Waals surface area contributed by atoms with E-state index in [1.165, 1.54) is 40.1 Å². The normalized spacial score (nSPS) is 21.0. The van der Waals surface area contributed by atoms with Gasteiger partial charge in [0.2, 0.25) is 10.0 Å². The fourth-order valence-electron chi connectivity index (χ4n) is 3.94. The lowest BCUT2D eigenvalue weighted by Crippen LogP contribution is -2.33. The molecule has 3 rings (SSSR count). The summed E-state index contributed by atoms with van der Waals surface area (Å²) in [7, 11) is 0.462. The number of benzene rings is 1. The molecule has 1 unspecified atom stereocenters. The second-order valence-corrected chi connectivity index (χ2v) is 9.59. The number of sulfonamides is 1. The number of amides is 1. The summed E-state index contributed by atoms with van der Waals surface area (Å²) >= 11 is 0. The highest BCUT2D eigenvalue weighted by Gasteiger charge is 2.38. The minimum atomic E-state index is -3.83. The van der Waals surface area contributed by atoms with Crippen LogP contribution in [-0.4, -0.2) is 63.4 Å². The van der Waals surface area contributed by atoms with Gasteiger partial charge in [0.1, 0.15) is 10.6 Å². The maximum Gasteiger partial charge on any atom is 0.252 e. The number of methoxy groups -OCH3 is 1. The third kappa shape index (κ3) is 3.63. The Bertz CT molecular complexity index is 849. The van der Waals surface area contributed by atoms with E-state index in [0.29, 0.717) is 18.0 Å². The number of primary amides is 1. The van der Waals surface area contributed by atoms with E-state index in [1.807, 2.05) is 0 Å². The minimum absolute atomic E-state index is 0.0399. The first-order valence-electron chi connectivity index (χ1n) is 9.15. The van der Waals surface area contributed by atoms with Gasteiger partial charge in [-0.2, -0.15) is 0 Å². The molecule has 1 amide bonds. The highest BCUT2D eigenvalue weighted by Crippen LogP contribution is 2.40. The average molecular weight is 397 g/mol. The Hall–Kier alpha value is -1.84. The summed E-state index contributed by atoms with van der Waals surface area (Å²) in [5.41, 5.74) is 12.5. The Morgan fingerprint density at radius 3 is 2.52 bits per heavy atom. The van der Waals surface area contributed by atoms with Gasteiger partial charge in [0.05, 0.1) is 18.4 Å². The fraction of sp³-hybridized carbons (Fsp3) is 0.611. The summed E-state index contributed by atoms with van der Waals surface area (Å²) in [5.74, 6) is -0.464. The Labute approximate surface area is 160 Å². The van der Waals surface area contributed by atoms with Crippen molar-refractivity contribution in [2.45, 2.75) is 49.1 Å². The van der Waals surface area contributed by atoms with Gasteiger partial charge in [0, 0.05) is 31.7 Å². The maximum atomic E-state index is 12.7. The van der Waals surface area contributed by atoms with E-state index in [2.05, 4.69) is 4.90 Å². The molecule has 8 nitrogen and oxygen atoms in total. The van der Waals surface area contributed by atoms with Crippen molar-refractivity contribution in [2.24, 2.45) is 5.73 Å². The molecule has 0 spiro atoms. The number of hydrogen-bond donors (Lipinski definition) is 2. The molecule has 1 atom stereocenters. The summed E-state index contributed by atoms with van der Waals surface area (Å²) < 4.78 is 32.0. The molecule has 1 heterocycles. The first kappa shape index (κ1) is 19.9. The number of nitrogen functional groups attached to an aromatic ring is 1. The molecule has 1 aromatic carbocycles. The monoisotopic (exact) mass is 396 g/mol. The van der Waals surface area contributed by atoms with Crippen LogP contribution in [0.5, 0.6) is 5.75 Å². The lowest BCUT2D eigenvalue weighted by atomic mass is 9.98. The molecular formula is C18H28N4O4S. The van der Waals surface area contributed by atoms with Crippen molar-refractivity contribution in [3.8, 4) is 5.75 Å². The highest BCUT2D eigenvalue weighted by molar-refractivity contribution is 7.89. The third-order valence-electron chi connectivity index (χ3n) is 5.49. The van der Waals surface area contributed by atoms with Gasteiger partial charge in [0.15, 0.2) is 0 Å². The zero-order valence-electron chi connectivity index (χ0n) is 16.1. The van der Waals surface area contributed by atoms with Crippen LogP contribution in [0.3, 0.4) is 0 Å². The topological polar surface area (TPSA) is 119 Å². The second kappa shape index (κ2) is 7.29. The van der Waals surface area contributed by atoms with Crippen LogP contribution in [0.2, 0.25) is 0 Å². The second-order valence-electron chi connectivity index (χ2n) is 7.47. The summed E-state index contributed by atoms with van der Waals surface area (Å²) in [6, 6.07) is 2.09. The number of likely N-dealkylation sites (tertiary alicyclic amines) is 1. The molecule has 1 aliphatic heterocycles. The van der Waals surface area contributed by atoms with Crippen molar-refractivity contribution in [2.75, 3.05) is 33.5 Å². The summed E-state index contributed by atoms with van der Waals surface area (Å²) in [6.45, 7) is 1.04. The molecular weight excluding hydrogens is 368 g/mol. The van der Waals surface area contributed by atoms with E-state index >= 15 is 0 Å². The first-order chi connectivity index (χ1) is 12.7. The molecule has 2 aliphatic rings. The Morgan fingerprint density at radius 2 is 2.00 bits per heavy atom. The first-order valence-corrected chi connectivity index (χ1v) is 10.6. The molecule has 0 radical (unpaired) electrons. The molecule has 0 bridgehead atoms. The van der Waals surface area contributed by atoms with Crippen LogP contribution in [0, 0.1) is 0 Å². The molecule has 1 saturated carbocycles. The van der Waals surface area contributed by atoms with Crippen LogP contribution in [0.25, 0.3) is 0 Å². The zero-order valence-corrected chi connectivity index (χ0v) is 16.9. The standard InChI is InChI=1S/C18H28N4O4S/c1-21(2)27(24,25)15-10-14(18(20)23)17(26-3)13(16(15)19)9-12-5-4-8-22(12)11-6-7-11/h10-12H,4-9,19H2,1-3H3,(H2,20,23). The lowest BCUT2D eigenvalue weighted by Gasteiger charge is -2.27. The van der Waals surface area contributed by atoms with Crippen molar-refractivity contribution in [3.05, 3.63) is 17.2 Å². The number of carbonyl (C=O) groups excluding carboxylic acids is 1. The van der Waals surface area contributed by atoms with E-state index in [0.717, 1.165) is 23.7 Å². The fourth-order valence-corrected chi connectivity index (χ4v) is 5.00. The van der Waals surface area contributed by atoms with Crippen molar-refractivity contribution < 1.29 is 17.9 Å². The third-order valence-corrected chi connectivity index (χ3v) is 7.35. The quantitative estimate of drug-likeness (QED) is 0.658. The van der Waals surface area contributed by atoms with Gasteiger partial charge >= 0.3 is 0 Å². The van der Waals surface area contributed by atoms with Gasteiger partial charge in [-0.25, -0.2) is 12.7 Å². The Balaban J connectivity index is 2.12. The number of nitrogens with two attached hydrogens (primary N) is 2. The number of ether oxygens (including phenoxy) is 1. The molecule has 1 aliphatic carbocycles. The van der Waals surface area contributed by atoms with Crippen LogP contribution in [0.4, 0.5) is 5.69 Å². The number of anilines is 1. The van der Waals surface area contributed by atoms with Crippen LogP contribution in [0.15, 0.2) is 11.0 Å². The molecule has 4 N–H and O–H groups in total. The van der Waals surface area contributed by atoms with Gasteiger partial charge in [-0.15, -0.1) is 0 Å². The van der Waals surface area contributed by atoms with E-state index in [-0.39, 0.29) is 27.9 Å². The number of carbonyl (C=O) groups is 1. The van der Waals surface area contributed by atoms with Gasteiger partial charge in [-0.05, 0) is 44.7 Å². The van der Waals surface area contributed by atoms with Crippen LogP contribution >= 0.6 is 0 Å². The Morgan fingerprint density at radius 1 is 1.33 bits per heavy atom. The van der Waals surface area contributed by atoms with Crippen LogP contribution in [-0.2, 0) is 16.4 Å². The maximum absolute atomic E-state index is 12.7. The highest BCUT2D eigenvalue weighted by atomic mass is 32.2. The van der Waals surface area contributed by atoms with Gasteiger partial charge in [-0.1, -0.05) is 0 Å². The van der Waals surface area contributed by atoms with Gasteiger partial charge in [-0.3, -0.25) is 9.69 Å². The van der Waals surface area contributed by atoms with E-state index < -0.39 is 15.9 Å². The van der Waals surface area contributed by atoms with Crippen molar-refractivity contribution in [1.29, 1.82) is 0 Å². The summed E-state index contributed by atoms with van der Waals surface area (Å²) in [4.78, 5) is 14.4. The average Bonchev–Trinajstić information content (AvgIpc) is 3.34. The van der Waals surface area contributed by atoms with E-state index in [4.69, 9.17) is 16.2 Å². The van der Waals surface area contributed by atoms with E-state index in [1.54, 1.807) is 0 Å². The predicted octanol–water partition coefficient (Wildman–Crippen LogP) is 0.796. The number of rotatable bonds is 7. The molecule has 150 valence electrons. The largest absolute Gasteiger partial charge is 0.496 e. The SMILES string of the molecule is COc1c(C(N)=O)cc(S(=O)(=O)N(C)C)c(N)c1CC1CCCN1C1CC1. The lowest BCUT2D eigenvalue weighted by molar-refractivity contribution is 0.0997. The zero-order chi connectivity index (χ0) is 19.9. The number of nitrogens with zero attached hydrogens (tertiary/aromatic N) is 2. The van der Waals surface area contributed by atoms with Crippen LogP contribution in [0.1, 0.15) is 41.6 Å². The Kier molecular flexibility index (Phi) is 5.38. The summed E-state index contributed by atoms with van der Waals surface area (Å²) in [5, 5.41) is 0. The van der Waals surface area contributed by atoms with Gasteiger partial charge in [0.25, 0.3) is 5.91 Å². The summed E-state index contributed by atoms with van der Waals surface area (Å²) in [6.07, 6.45) is 5.04. The van der Waals surface area contributed by atoms with Crippen LogP contribution < -0.4 is 16.2 Å². The molecule has 1 aromatic rings. The van der Waals surface area contributed by atoms with E-state index in [9.17, 15) is 13.2 Å². The molecule has 1 saturated heterocycles. The van der Waals surface area contributed by atoms with Gasteiger partial charge < -0.3 is 16.2 Å². The minimum Gasteiger partial charge on any atom is -0.496 e. The molecule has 9 heteroatoms. The smallest absolute Gasteiger partial charge is 0.252 e. The predicted molar refractivity (Wildman–Crippen MR) is 103 cm³/mol. The van der Waals surface area contributed by atoms with Crippen molar-refractivity contribution >= 4 is 21.6 Å². The molecule has 2 fully saturated rings.